The minimum atomic E-state index is -3.79. The van der Waals surface area contributed by atoms with E-state index in [9.17, 15) is 12.8 Å². The van der Waals surface area contributed by atoms with Crippen molar-refractivity contribution >= 4 is 26.0 Å². The maximum absolute atomic E-state index is 13.6. The average Bonchev–Trinajstić information content (AvgIpc) is 2.44. The third kappa shape index (κ3) is 3.47. The smallest absolute Gasteiger partial charge is 0.241 e. The summed E-state index contributed by atoms with van der Waals surface area (Å²) in [5.74, 6) is -0.442. The van der Waals surface area contributed by atoms with Gasteiger partial charge < -0.3 is 5.73 Å². The van der Waals surface area contributed by atoms with Crippen LogP contribution >= 0.6 is 15.9 Å². The van der Waals surface area contributed by atoms with Crippen LogP contribution in [0.15, 0.2) is 27.6 Å². The molecule has 0 saturated heterocycles. The van der Waals surface area contributed by atoms with Gasteiger partial charge >= 0.3 is 0 Å². The molecule has 0 spiro atoms. The van der Waals surface area contributed by atoms with Crippen LogP contribution in [0.4, 0.5) is 4.39 Å². The number of hydrogen-bond acceptors (Lipinski definition) is 3. The number of nitrogens with two attached hydrogens (primary N) is 1. The van der Waals surface area contributed by atoms with Crippen molar-refractivity contribution < 1.29 is 12.8 Å². The number of hydrogen-bond donors (Lipinski definition) is 2. The van der Waals surface area contributed by atoms with Crippen LogP contribution in [-0.4, -0.2) is 20.5 Å². The zero-order valence-corrected chi connectivity index (χ0v) is 14.3. The fraction of sp³-hybridized carbons (Fsp3) is 0.571. The molecule has 3 N–H and O–H groups in total. The Labute approximate surface area is 133 Å². The first-order chi connectivity index (χ1) is 9.81. The second kappa shape index (κ2) is 6.32. The first-order valence-electron chi connectivity index (χ1n) is 7.00. The first-order valence-corrected chi connectivity index (χ1v) is 9.27. The average molecular weight is 379 g/mol. The van der Waals surface area contributed by atoms with Gasteiger partial charge in [-0.25, -0.2) is 17.5 Å². The SMILES string of the molecule is CC1CCCCC1(CN)NS(=O)(=O)c1ccc(Br)c(F)c1. The minimum Gasteiger partial charge on any atom is -0.329 e. The van der Waals surface area contributed by atoms with Crippen LogP contribution < -0.4 is 10.5 Å². The van der Waals surface area contributed by atoms with Gasteiger partial charge in [-0.3, -0.25) is 0 Å². The quantitative estimate of drug-likeness (QED) is 0.845. The van der Waals surface area contributed by atoms with Crippen molar-refractivity contribution in [1.29, 1.82) is 0 Å². The van der Waals surface area contributed by atoms with Gasteiger partial charge in [0.25, 0.3) is 0 Å². The molecule has 0 aliphatic heterocycles. The molecule has 0 heterocycles. The number of nitrogens with one attached hydrogen (secondary N) is 1. The Bertz CT molecular complexity index is 623. The van der Waals surface area contributed by atoms with Gasteiger partial charge in [0.1, 0.15) is 5.82 Å². The highest BCUT2D eigenvalue weighted by Crippen LogP contribution is 2.34. The van der Waals surface area contributed by atoms with Gasteiger partial charge in [0.15, 0.2) is 0 Å². The molecule has 1 fully saturated rings. The lowest BCUT2D eigenvalue weighted by molar-refractivity contribution is 0.191. The fourth-order valence-corrected chi connectivity index (χ4v) is 4.67. The van der Waals surface area contributed by atoms with Crippen LogP contribution in [0.5, 0.6) is 0 Å². The van der Waals surface area contributed by atoms with Gasteiger partial charge in [-0.2, -0.15) is 0 Å². The topological polar surface area (TPSA) is 72.2 Å². The molecule has 1 saturated carbocycles. The van der Waals surface area contributed by atoms with E-state index < -0.39 is 21.4 Å². The highest BCUT2D eigenvalue weighted by atomic mass is 79.9. The van der Waals surface area contributed by atoms with E-state index in [0.29, 0.717) is 6.42 Å². The number of halogens is 2. The predicted molar refractivity (Wildman–Crippen MR) is 83.8 cm³/mol. The van der Waals surface area contributed by atoms with E-state index in [-0.39, 0.29) is 21.8 Å². The summed E-state index contributed by atoms with van der Waals surface area (Å²) < 4.78 is 41.6. The van der Waals surface area contributed by atoms with Gasteiger partial charge in [-0.15, -0.1) is 0 Å². The summed E-state index contributed by atoms with van der Waals surface area (Å²) in [6, 6.07) is 3.79. The maximum atomic E-state index is 13.6. The van der Waals surface area contributed by atoms with Gasteiger partial charge in [-0.05, 0) is 52.9 Å². The summed E-state index contributed by atoms with van der Waals surface area (Å²) in [6.45, 7) is 2.25. The minimum absolute atomic E-state index is 0.0752. The van der Waals surface area contributed by atoms with E-state index in [2.05, 4.69) is 20.7 Å². The molecule has 1 aromatic rings. The summed E-state index contributed by atoms with van der Waals surface area (Å²) in [6.07, 6.45) is 3.67. The van der Waals surface area contributed by atoms with Gasteiger partial charge in [0, 0.05) is 12.1 Å². The molecule has 2 rings (SSSR count). The molecule has 1 aromatic carbocycles. The van der Waals surface area contributed by atoms with E-state index in [1.165, 1.54) is 12.1 Å². The summed E-state index contributed by atoms with van der Waals surface area (Å²) in [7, 11) is -3.79. The Hall–Kier alpha value is -0.500. The van der Waals surface area contributed by atoms with E-state index >= 15 is 0 Å². The van der Waals surface area contributed by atoms with Crippen molar-refractivity contribution in [2.45, 2.75) is 43.0 Å². The van der Waals surface area contributed by atoms with Crippen LogP contribution in [0.1, 0.15) is 32.6 Å². The van der Waals surface area contributed by atoms with Crippen molar-refractivity contribution in [3.05, 3.63) is 28.5 Å². The summed E-state index contributed by atoms with van der Waals surface area (Å²) in [5, 5.41) is 0. The molecule has 0 amide bonds. The Balaban J connectivity index is 2.32. The van der Waals surface area contributed by atoms with Gasteiger partial charge in [0.05, 0.1) is 9.37 Å². The zero-order valence-electron chi connectivity index (χ0n) is 11.9. The highest BCUT2D eigenvalue weighted by molar-refractivity contribution is 9.10. The number of rotatable bonds is 4. The molecule has 0 aromatic heterocycles. The van der Waals surface area contributed by atoms with Crippen LogP contribution in [0.2, 0.25) is 0 Å². The number of benzene rings is 1. The molecule has 7 heteroatoms. The van der Waals surface area contributed by atoms with Crippen molar-refractivity contribution in [2.75, 3.05) is 6.54 Å². The molecule has 2 unspecified atom stereocenters. The summed E-state index contributed by atoms with van der Waals surface area (Å²) in [5.41, 5.74) is 5.22. The second-order valence-electron chi connectivity index (χ2n) is 5.69. The lowest BCUT2D eigenvalue weighted by atomic mass is 9.74. The molecule has 1 aliphatic rings. The van der Waals surface area contributed by atoms with Crippen LogP contribution in [-0.2, 0) is 10.0 Å². The second-order valence-corrected chi connectivity index (χ2v) is 8.23. The molecule has 4 nitrogen and oxygen atoms in total. The highest BCUT2D eigenvalue weighted by Gasteiger charge is 2.40. The largest absolute Gasteiger partial charge is 0.329 e. The molecule has 118 valence electrons. The standard InChI is InChI=1S/C14H20BrFN2O2S/c1-10-4-2-3-7-14(10,9-17)18-21(19,20)11-5-6-12(15)13(16)8-11/h5-6,8,10,18H,2-4,7,9,17H2,1H3. The van der Waals surface area contributed by atoms with Gasteiger partial charge in [-0.1, -0.05) is 19.8 Å². The van der Waals surface area contributed by atoms with Gasteiger partial charge in [0.2, 0.25) is 10.0 Å². The zero-order chi connectivity index (χ0) is 15.7. The van der Waals surface area contributed by atoms with Crippen LogP contribution in [0, 0.1) is 11.7 Å². The van der Waals surface area contributed by atoms with Crippen LogP contribution in [0.3, 0.4) is 0 Å². The lowest BCUT2D eigenvalue weighted by Gasteiger charge is -2.42. The third-order valence-electron chi connectivity index (χ3n) is 4.36. The van der Waals surface area contributed by atoms with Crippen molar-refractivity contribution in [2.24, 2.45) is 11.7 Å². The Morgan fingerprint density at radius 2 is 2.19 bits per heavy atom. The third-order valence-corrected chi connectivity index (χ3v) is 6.55. The van der Waals surface area contributed by atoms with E-state index in [1.54, 1.807) is 0 Å². The summed E-state index contributed by atoms with van der Waals surface area (Å²) >= 11 is 3.02. The van der Waals surface area contributed by atoms with Crippen molar-refractivity contribution in [3.63, 3.8) is 0 Å². The predicted octanol–water partition coefficient (Wildman–Crippen LogP) is 2.77. The molecule has 21 heavy (non-hydrogen) atoms. The van der Waals surface area contributed by atoms with Crippen LogP contribution in [0.25, 0.3) is 0 Å². The van der Waals surface area contributed by atoms with E-state index in [0.717, 1.165) is 25.3 Å². The molecule has 1 aliphatic carbocycles. The molecule has 0 radical (unpaired) electrons. The Morgan fingerprint density at radius 1 is 1.48 bits per heavy atom. The normalized spacial score (nSPS) is 26.8. The first kappa shape index (κ1) is 16.9. The fourth-order valence-electron chi connectivity index (χ4n) is 2.88. The van der Waals surface area contributed by atoms with E-state index in [1.807, 2.05) is 6.92 Å². The molecular weight excluding hydrogens is 359 g/mol. The summed E-state index contributed by atoms with van der Waals surface area (Å²) in [4.78, 5) is -0.0752. The number of sulfonamides is 1. The molecular formula is C14H20BrFN2O2S. The van der Waals surface area contributed by atoms with E-state index in [4.69, 9.17) is 5.73 Å². The maximum Gasteiger partial charge on any atom is 0.241 e. The van der Waals surface area contributed by atoms with Crippen molar-refractivity contribution in [3.8, 4) is 0 Å². The monoisotopic (exact) mass is 378 g/mol. The Kier molecular flexibility index (Phi) is 5.07. The molecule has 2 atom stereocenters. The Morgan fingerprint density at radius 3 is 2.76 bits per heavy atom. The lowest BCUT2D eigenvalue weighted by Crippen LogP contribution is -2.58. The molecule has 0 bridgehead atoms. The van der Waals surface area contributed by atoms with Crippen molar-refractivity contribution in [1.82, 2.24) is 4.72 Å².